The number of fused-ring (bicyclic) bond motifs is 1. The first-order valence-electron chi connectivity index (χ1n) is 9.75. The standard InChI is InChI=1S/C22H25N5O2/c1-28-19-5-4-17(13-20(19)29-2)22-18(15-26-11-9-24-10-12-26)27-14-16(7-8-23)3-6-21(27)25-22/h3-6,13-14,24H,7,9-12,15H2,1-2H3. The Kier molecular flexibility index (Phi) is 5.65. The molecule has 29 heavy (non-hydrogen) atoms. The highest BCUT2D eigenvalue weighted by molar-refractivity contribution is 5.69. The third-order valence-corrected chi connectivity index (χ3v) is 5.30. The van der Waals surface area contributed by atoms with Crippen molar-refractivity contribution >= 4 is 5.65 Å². The minimum atomic E-state index is 0.382. The monoisotopic (exact) mass is 391 g/mol. The number of hydrogen-bond donors (Lipinski definition) is 1. The van der Waals surface area contributed by atoms with Crippen LogP contribution in [0, 0.1) is 11.3 Å². The Morgan fingerprint density at radius 1 is 1.10 bits per heavy atom. The number of methoxy groups -OCH3 is 2. The quantitative estimate of drug-likeness (QED) is 0.696. The van der Waals surface area contributed by atoms with Crippen molar-refractivity contribution in [1.29, 1.82) is 5.26 Å². The molecule has 1 aliphatic heterocycles. The molecule has 0 radical (unpaired) electrons. The third kappa shape index (κ3) is 3.90. The molecule has 7 nitrogen and oxygen atoms in total. The fraction of sp³-hybridized carbons (Fsp3) is 0.364. The van der Waals surface area contributed by atoms with Gasteiger partial charge in [-0.2, -0.15) is 5.26 Å². The average molecular weight is 391 g/mol. The lowest BCUT2D eigenvalue weighted by molar-refractivity contribution is 0.230. The molecule has 0 saturated carbocycles. The van der Waals surface area contributed by atoms with Crippen LogP contribution in [0.5, 0.6) is 11.5 Å². The van der Waals surface area contributed by atoms with Gasteiger partial charge in [-0.05, 0) is 29.8 Å². The van der Waals surface area contributed by atoms with Gasteiger partial charge >= 0.3 is 0 Å². The van der Waals surface area contributed by atoms with Crippen LogP contribution in [0.3, 0.4) is 0 Å². The Hall–Kier alpha value is -3.08. The van der Waals surface area contributed by atoms with Crippen LogP contribution in [0.25, 0.3) is 16.9 Å². The molecule has 1 saturated heterocycles. The summed E-state index contributed by atoms with van der Waals surface area (Å²) in [5, 5.41) is 12.5. The molecule has 0 spiro atoms. The molecule has 0 atom stereocenters. The van der Waals surface area contributed by atoms with Crippen LogP contribution in [-0.4, -0.2) is 54.7 Å². The van der Waals surface area contributed by atoms with Crippen molar-refractivity contribution in [2.24, 2.45) is 0 Å². The molecule has 3 aromatic rings. The number of nitrogens with zero attached hydrogens (tertiary/aromatic N) is 4. The van der Waals surface area contributed by atoms with Gasteiger partial charge in [-0.1, -0.05) is 6.07 Å². The average Bonchev–Trinajstić information content (AvgIpc) is 3.12. The van der Waals surface area contributed by atoms with Crippen LogP contribution in [0.4, 0.5) is 0 Å². The van der Waals surface area contributed by atoms with Crippen molar-refractivity contribution in [3.63, 3.8) is 0 Å². The maximum atomic E-state index is 9.10. The van der Waals surface area contributed by atoms with Crippen LogP contribution in [-0.2, 0) is 13.0 Å². The van der Waals surface area contributed by atoms with Crippen molar-refractivity contribution in [3.05, 3.63) is 47.8 Å². The van der Waals surface area contributed by atoms with Gasteiger partial charge in [0.05, 0.1) is 38.1 Å². The minimum Gasteiger partial charge on any atom is -0.493 e. The first-order valence-corrected chi connectivity index (χ1v) is 9.75. The van der Waals surface area contributed by atoms with E-state index in [2.05, 4.69) is 20.7 Å². The molecule has 0 bridgehead atoms. The molecule has 150 valence electrons. The van der Waals surface area contributed by atoms with E-state index < -0.39 is 0 Å². The topological polar surface area (TPSA) is 74.8 Å². The zero-order valence-electron chi connectivity index (χ0n) is 16.8. The molecule has 1 aliphatic rings. The number of piperazine rings is 1. The second-order valence-electron chi connectivity index (χ2n) is 7.10. The first kappa shape index (κ1) is 19.2. The number of rotatable bonds is 6. The first-order chi connectivity index (χ1) is 14.2. The molecule has 1 fully saturated rings. The van der Waals surface area contributed by atoms with Crippen molar-refractivity contribution in [1.82, 2.24) is 19.6 Å². The molecule has 7 heteroatoms. The van der Waals surface area contributed by atoms with E-state index >= 15 is 0 Å². The Morgan fingerprint density at radius 2 is 1.90 bits per heavy atom. The molecule has 0 aliphatic carbocycles. The van der Waals surface area contributed by atoms with Gasteiger partial charge in [0, 0.05) is 44.5 Å². The summed E-state index contributed by atoms with van der Waals surface area (Å²) in [6.45, 7) is 4.76. The highest BCUT2D eigenvalue weighted by atomic mass is 16.5. The lowest BCUT2D eigenvalue weighted by Gasteiger charge is -2.27. The van der Waals surface area contributed by atoms with Gasteiger partial charge in [-0.25, -0.2) is 4.98 Å². The predicted molar refractivity (Wildman–Crippen MR) is 111 cm³/mol. The van der Waals surface area contributed by atoms with Crippen LogP contribution < -0.4 is 14.8 Å². The molecular weight excluding hydrogens is 366 g/mol. The Labute approximate surface area is 170 Å². The van der Waals surface area contributed by atoms with E-state index in [1.54, 1.807) is 14.2 Å². The summed E-state index contributed by atoms with van der Waals surface area (Å²) in [7, 11) is 3.27. The molecule has 0 amide bonds. The lowest BCUT2D eigenvalue weighted by atomic mass is 10.1. The number of nitriles is 1. The second kappa shape index (κ2) is 8.52. The van der Waals surface area contributed by atoms with Gasteiger partial charge in [0.25, 0.3) is 0 Å². The summed E-state index contributed by atoms with van der Waals surface area (Å²) in [4.78, 5) is 7.35. The van der Waals surface area contributed by atoms with Gasteiger partial charge in [0.2, 0.25) is 0 Å². The van der Waals surface area contributed by atoms with Crippen LogP contribution in [0.2, 0.25) is 0 Å². The molecule has 4 rings (SSSR count). The summed E-state index contributed by atoms with van der Waals surface area (Å²) in [5.41, 5.74) is 4.89. The van der Waals surface area contributed by atoms with Gasteiger partial charge in [0.1, 0.15) is 5.65 Å². The fourth-order valence-electron chi connectivity index (χ4n) is 3.78. The zero-order valence-corrected chi connectivity index (χ0v) is 16.8. The van der Waals surface area contributed by atoms with E-state index in [1.165, 1.54) is 0 Å². The molecule has 1 aromatic carbocycles. The Balaban J connectivity index is 1.83. The second-order valence-corrected chi connectivity index (χ2v) is 7.10. The number of pyridine rings is 1. The van der Waals surface area contributed by atoms with E-state index in [1.807, 2.05) is 36.5 Å². The summed E-state index contributed by atoms with van der Waals surface area (Å²) >= 11 is 0. The van der Waals surface area contributed by atoms with E-state index in [9.17, 15) is 0 Å². The normalized spacial score (nSPS) is 14.7. The van der Waals surface area contributed by atoms with E-state index in [4.69, 9.17) is 19.7 Å². The number of aromatic nitrogens is 2. The highest BCUT2D eigenvalue weighted by Crippen LogP contribution is 2.34. The van der Waals surface area contributed by atoms with Crippen molar-refractivity contribution in [2.45, 2.75) is 13.0 Å². The lowest BCUT2D eigenvalue weighted by Crippen LogP contribution is -2.43. The zero-order chi connectivity index (χ0) is 20.2. The summed E-state index contributed by atoms with van der Waals surface area (Å²) in [6.07, 6.45) is 2.42. The number of imidazole rings is 1. The van der Waals surface area contributed by atoms with Crippen LogP contribution in [0.1, 0.15) is 11.3 Å². The van der Waals surface area contributed by atoms with Crippen molar-refractivity contribution in [3.8, 4) is 28.8 Å². The highest BCUT2D eigenvalue weighted by Gasteiger charge is 2.20. The number of hydrogen-bond acceptors (Lipinski definition) is 6. The molecule has 1 N–H and O–H groups in total. The van der Waals surface area contributed by atoms with Crippen LogP contribution >= 0.6 is 0 Å². The number of benzene rings is 1. The Bertz CT molecular complexity index is 1050. The van der Waals surface area contributed by atoms with Crippen molar-refractivity contribution < 1.29 is 9.47 Å². The van der Waals surface area contributed by atoms with Gasteiger partial charge in [-0.15, -0.1) is 0 Å². The predicted octanol–water partition coefficient (Wildman–Crippen LogP) is 2.49. The maximum Gasteiger partial charge on any atom is 0.161 e. The van der Waals surface area contributed by atoms with Crippen molar-refractivity contribution in [2.75, 3.05) is 40.4 Å². The fourth-order valence-corrected chi connectivity index (χ4v) is 3.78. The van der Waals surface area contributed by atoms with Crippen LogP contribution in [0.15, 0.2) is 36.5 Å². The summed E-state index contributed by atoms with van der Waals surface area (Å²) < 4.78 is 13.0. The molecule has 0 unspecified atom stereocenters. The molecule has 3 heterocycles. The SMILES string of the molecule is COc1ccc(-c2nc3ccc(CC#N)cn3c2CN2CCNCC2)cc1OC. The summed E-state index contributed by atoms with van der Waals surface area (Å²) in [5.74, 6) is 1.38. The molecule has 2 aromatic heterocycles. The minimum absolute atomic E-state index is 0.382. The van der Waals surface area contributed by atoms with Gasteiger partial charge in [0.15, 0.2) is 11.5 Å². The van der Waals surface area contributed by atoms with Gasteiger partial charge < -0.3 is 19.2 Å². The molecular formula is C22H25N5O2. The smallest absolute Gasteiger partial charge is 0.161 e. The Morgan fingerprint density at radius 3 is 2.62 bits per heavy atom. The number of nitrogens with one attached hydrogen (secondary N) is 1. The van der Waals surface area contributed by atoms with E-state index in [0.717, 1.165) is 60.9 Å². The van der Waals surface area contributed by atoms with Gasteiger partial charge in [-0.3, -0.25) is 4.90 Å². The largest absolute Gasteiger partial charge is 0.493 e. The third-order valence-electron chi connectivity index (χ3n) is 5.30. The maximum absolute atomic E-state index is 9.10. The van der Waals surface area contributed by atoms with E-state index in [0.29, 0.717) is 17.9 Å². The van der Waals surface area contributed by atoms with E-state index in [-0.39, 0.29) is 0 Å². The number of ether oxygens (including phenoxy) is 2. The summed E-state index contributed by atoms with van der Waals surface area (Å²) in [6, 6.07) is 12.1.